The van der Waals surface area contributed by atoms with Crippen LogP contribution >= 0.6 is 0 Å². The maximum Gasteiger partial charge on any atom is 0.373 e. The van der Waals surface area contributed by atoms with E-state index >= 15 is 0 Å². The zero-order chi connectivity index (χ0) is 19.6. The molecule has 0 radical (unpaired) electrons. The van der Waals surface area contributed by atoms with E-state index in [1.807, 2.05) is 0 Å². The molecule has 27 heavy (non-hydrogen) atoms. The zero-order valence-corrected chi connectivity index (χ0v) is 14.3. The topological polar surface area (TPSA) is 86.2 Å². The van der Waals surface area contributed by atoms with Crippen LogP contribution in [0, 0.1) is 11.6 Å². The first-order chi connectivity index (χ1) is 12.9. The lowest BCUT2D eigenvalue weighted by Crippen LogP contribution is -2.49. The molecule has 9 heteroatoms. The van der Waals surface area contributed by atoms with Gasteiger partial charge < -0.3 is 19.6 Å². The Balaban J connectivity index is 1.72. The minimum Gasteiger partial charge on any atom is -0.484 e. The lowest BCUT2D eigenvalue weighted by Gasteiger charge is -2.22. The zero-order valence-electron chi connectivity index (χ0n) is 14.3. The molecule has 2 aliphatic rings. The molecule has 2 heterocycles. The Hall–Kier alpha value is -3.23. The SMILES string of the molecule is C=C[C@]1(C(=O)N[C@@H]2C=C(C(=O)OC)OC2)CC(c2cc(F)cc(F)c2)=NO1. The average molecular weight is 378 g/mol. The molecule has 0 unspecified atom stereocenters. The summed E-state index contributed by atoms with van der Waals surface area (Å²) in [5.41, 5.74) is -1.17. The monoisotopic (exact) mass is 378 g/mol. The highest BCUT2D eigenvalue weighted by atomic mass is 19.1. The van der Waals surface area contributed by atoms with Crippen LogP contribution in [-0.2, 0) is 23.9 Å². The minimum absolute atomic E-state index is 0.00466. The van der Waals surface area contributed by atoms with E-state index in [0.29, 0.717) is 0 Å². The van der Waals surface area contributed by atoms with Crippen LogP contribution in [-0.4, -0.2) is 42.9 Å². The lowest BCUT2D eigenvalue weighted by atomic mass is 9.93. The summed E-state index contributed by atoms with van der Waals surface area (Å²) in [4.78, 5) is 29.4. The highest BCUT2D eigenvalue weighted by molar-refractivity contribution is 6.06. The van der Waals surface area contributed by atoms with Gasteiger partial charge in [-0.3, -0.25) is 4.79 Å². The standard InChI is InChI=1S/C18H16F2N2O5/c1-3-18(17(24)21-13-7-15(26-9-13)16(23)25-2)8-14(22-27-18)10-4-11(19)6-12(20)5-10/h3-7,13H,1,8-9H2,2H3,(H,21,24)/t13-,18-/m1/s1. The van der Waals surface area contributed by atoms with Crippen molar-refractivity contribution in [1.82, 2.24) is 5.32 Å². The molecule has 1 aromatic carbocycles. The molecule has 0 aliphatic carbocycles. The fourth-order valence-corrected chi connectivity index (χ4v) is 2.71. The van der Waals surface area contributed by atoms with Crippen molar-refractivity contribution < 1.29 is 32.7 Å². The maximum absolute atomic E-state index is 13.4. The molecule has 3 rings (SSSR count). The molecule has 2 aliphatic heterocycles. The largest absolute Gasteiger partial charge is 0.484 e. The molecule has 0 aromatic heterocycles. The van der Waals surface area contributed by atoms with Gasteiger partial charge in [-0.05, 0) is 24.3 Å². The Kier molecular flexibility index (Phi) is 4.93. The van der Waals surface area contributed by atoms with Crippen molar-refractivity contribution in [3.8, 4) is 0 Å². The number of nitrogens with one attached hydrogen (secondary N) is 1. The van der Waals surface area contributed by atoms with Gasteiger partial charge in [-0.25, -0.2) is 13.6 Å². The van der Waals surface area contributed by atoms with Gasteiger partial charge in [-0.1, -0.05) is 11.7 Å². The van der Waals surface area contributed by atoms with Crippen LogP contribution in [0.1, 0.15) is 12.0 Å². The van der Waals surface area contributed by atoms with Crippen molar-refractivity contribution in [3.05, 3.63) is 59.9 Å². The summed E-state index contributed by atoms with van der Waals surface area (Å²) < 4.78 is 36.5. The summed E-state index contributed by atoms with van der Waals surface area (Å²) in [6.45, 7) is 3.65. The van der Waals surface area contributed by atoms with Gasteiger partial charge in [-0.2, -0.15) is 0 Å². The molecule has 142 valence electrons. The number of oxime groups is 1. The molecule has 0 saturated heterocycles. The molecular weight excluding hydrogens is 362 g/mol. The van der Waals surface area contributed by atoms with Crippen LogP contribution in [0.4, 0.5) is 8.78 Å². The third-order valence-electron chi connectivity index (χ3n) is 4.13. The second kappa shape index (κ2) is 7.18. The smallest absolute Gasteiger partial charge is 0.373 e. The van der Waals surface area contributed by atoms with E-state index in [4.69, 9.17) is 9.57 Å². The number of esters is 1. The second-order valence-corrected chi connectivity index (χ2v) is 5.97. The number of halogens is 2. The summed E-state index contributed by atoms with van der Waals surface area (Å²) in [6, 6.07) is 2.35. The van der Waals surface area contributed by atoms with Crippen molar-refractivity contribution in [3.63, 3.8) is 0 Å². The predicted octanol–water partition coefficient (Wildman–Crippen LogP) is 1.59. The normalized spacial score (nSPS) is 23.6. The molecular formula is C18H16F2N2O5. The van der Waals surface area contributed by atoms with Gasteiger partial charge in [0.2, 0.25) is 11.4 Å². The van der Waals surface area contributed by atoms with Gasteiger partial charge in [0, 0.05) is 18.1 Å². The molecule has 2 atom stereocenters. The number of methoxy groups -OCH3 is 1. The number of benzene rings is 1. The number of rotatable bonds is 5. The number of carbonyl (C=O) groups is 2. The molecule has 1 aromatic rings. The number of carbonyl (C=O) groups excluding carboxylic acids is 2. The quantitative estimate of drug-likeness (QED) is 0.621. The van der Waals surface area contributed by atoms with Crippen LogP contribution < -0.4 is 5.32 Å². The van der Waals surface area contributed by atoms with Crippen LogP contribution in [0.3, 0.4) is 0 Å². The van der Waals surface area contributed by atoms with Crippen molar-refractivity contribution in [2.45, 2.75) is 18.1 Å². The number of hydrogen-bond donors (Lipinski definition) is 1. The van der Waals surface area contributed by atoms with Gasteiger partial charge in [-0.15, -0.1) is 0 Å². The summed E-state index contributed by atoms with van der Waals surface area (Å²) in [5, 5.41) is 6.45. The van der Waals surface area contributed by atoms with E-state index in [-0.39, 0.29) is 30.1 Å². The molecule has 0 fully saturated rings. The predicted molar refractivity (Wildman–Crippen MR) is 89.5 cm³/mol. The van der Waals surface area contributed by atoms with Crippen molar-refractivity contribution in [2.24, 2.45) is 5.16 Å². The van der Waals surface area contributed by atoms with Crippen molar-refractivity contribution in [2.75, 3.05) is 13.7 Å². The average Bonchev–Trinajstić information content (AvgIpc) is 3.28. The number of ether oxygens (including phenoxy) is 2. The summed E-state index contributed by atoms with van der Waals surface area (Å²) in [5.74, 6) is -2.77. The van der Waals surface area contributed by atoms with Crippen LogP contribution in [0.25, 0.3) is 0 Å². The van der Waals surface area contributed by atoms with E-state index in [1.54, 1.807) is 0 Å². The van der Waals surface area contributed by atoms with Gasteiger partial charge in [0.25, 0.3) is 5.91 Å². The first-order valence-corrected chi connectivity index (χ1v) is 7.96. The fourth-order valence-electron chi connectivity index (χ4n) is 2.71. The van der Waals surface area contributed by atoms with Crippen LogP contribution in [0.15, 0.2) is 47.8 Å². The van der Waals surface area contributed by atoms with E-state index in [0.717, 1.165) is 18.2 Å². The first kappa shape index (κ1) is 18.6. The molecule has 1 amide bonds. The Labute approximate surface area is 153 Å². The number of nitrogens with zero attached hydrogens (tertiary/aromatic N) is 1. The van der Waals surface area contributed by atoms with Crippen LogP contribution in [0.2, 0.25) is 0 Å². The molecule has 0 bridgehead atoms. The number of hydrogen-bond acceptors (Lipinski definition) is 6. The lowest BCUT2D eigenvalue weighted by molar-refractivity contribution is -0.139. The fraction of sp³-hybridized carbons (Fsp3) is 0.278. The second-order valence-electron chi connectivity index (χ2n) is 5.97. The molecule has 0 saturated carbocycles. The van der Waals surface area contributed by atoms with Gasteiger partial charge in [0.1, 0.15) is 18.2 Å². The Morgan fingerprint density at radius 2 is 2.07 bits per heavy atom. The van der Waals surface area contributed by atoms with Gasteiger partial charge in [0.15, 0.2) is 0 Å². The van der Waals surface area contributed by atoms with E-state index in [1.165, 1.54) is 19.3 Å². The van der Waals surface area contributed by atoms with E-state index in [9.17, 15) is 18.4 Å². The van der Waals surface area contributed by atoms with Crippen LogP contribution in [0.5, 0.6) is 0 Å². The highest BCUT2D eigenvalue weighted by Gasteiger charge is 2.45. The summed E-state index contributed by atoms with van der Waals surface area (Å²) in [7, 11) is 1.21. The third-order valence-corrected chi connectivity index (χ3v) is 4.13. The van der Waals surface area contributed by atoms with Crippen molar-refractivity contribution >= 4 is 17.6 Å². The Morgan fingerprint density at radius 1 is 1.37 bits per heavy atom. The molecule has 1 N–H and O–H groups in total. The van der Waals surface area contributed by atoms with Gasteiger partial charge in [0.05, 0.1) is 18.9 Å². The number of amides is 1. The third kappa shape index (κ3) is 3.67. The Bertz CT molecular complexity index is 847. The first-order valence-electron chi connectivity index (χ1n) is 7.96. The highest BCUT2D eigenvalue weighted by Crippen LogP contribution is 2.29. The maximum atomic E-state index is 13.4. The minimum atomic E-state index is -1.54. The van der Waals surface area contributed by atoms with E-state index < -0.39 is 35.2 Å². The summed E-state index contributed by atoms with van der Waals surface area (Å²) in [6.07, 6.45) is 2.61. The molecule has 0 spiro atoms. The van der Waals surface area contributed by atoms with E-state index in [2.05, 4.69) is 21.8 Å². The Morgan fingerprint density at radius 3 is 2.70 bits per heavy atom. The summed E-state index contributed by atoms with van der Waals surface area (Å²) >= 11 is 0. The molecule has 7 nitrogen and oxygen atoms in total. The van der Waals surface area contributed by atoms with Crippen molar-refractivity contribution in [1.29, 1.82) is 0 Å². The van der Waals surface area contributed by atoms with Gasteiger partial charge >= 0.3 is 5.97 Å².